The van der Waals surface area contributed by atoms with Crippen LogP contribution in [0.4, 0.5) is 4.39 Å². The van der Waals surface area contributed by atoms with Gasteiger partial charge in [-0.05, 0) is 58.0 Å². The summed E-state index contributed by atoms with van der Waals surface area (Å²) in [4.78, 5) is 2.38. The van der Waals surface area contributed by atoms with E-state index in [1.807, 2.05) is 12.1 Å². The summed E-state index contributed by atoms with van der Waals surface area (Å²) in [5.74, 6) is -0.163. The average molecular weight is 250 g/mol. The minimum absolute atomic E-state index is 0.163. The van der Waals surface area contributed by atoms with E-state index in [0.29, 0.717) is 6.04 Å². The lowest BCUT2D eigenvalue weighted by Gasteiger charge is -2.40. The molecule has 1 aliphatic heterocycles. The van der Waals surface area contributed by atoms with Gasteiger partial charge in [0.2, 0.25) is 0 Å². The van der Waals surface area contributed by atoms with Gasteiger partial charge in [-0.1, -0.05) is 12.1 Å². The molecule has 2 rings (SSSR count). The van der Waals surface area contributed by atoms with Gasteiger partial charge in [0.25, 0.3) is 0 Å². The van der Waals surface area contributed by atoms with Gasteiger partial charge in [-0.2, -0.15) is 0 Å². The molecule has 0 aromatic heterocycles. The zero-order valence-electron chi connectivity index (χ0n) is 11.5. The molecule has 1 aromatic rings. The normalized spacial score (nSPS) is 23.3. The first-order valence-corrected chi connectivity index (χ1v) is 6.66. The van der Waals surface area contributed by atoms with Crippen molar-refractivity contribution in [2.45, 2.75) is 44.8 Å². The highest BCUT2D eigenvalue weighted by atomic mass is 19.1. The summed E-state index contributed by atoms with van der Waals surface area (Å²) in [6, 6.07) is 7.42. The third kappa shape index (κ3) is 3.53. The van der Waals surface area contributed by atoms with E-state index in [1.54, 1.807) is 0 Å². The first-order chi connectivity index (χ1) is 8.46. The van der Waals surface area contributed by atoms with Crippen molar-refractivity contribution in [3.05, 3.63) is 35.6 Å². The van der Waals surface area contributed by atoms with Gasteiger partial charge in [0.1, 0.15) is 5.82 Å². The maximum absolute atomic E-state index is 12.9. The molecular weight excluding hydrogens is 227 g/mol. The number of nitrogens with one attached hydrogen (secondary N) is 1. The van der Waals surface area contributed by atoms with Gasteiger partial charge in [0, 0.05) is 18.1 Å². The molecule has 1 heterocycles. The predicted molar refractivity (Wildman–Crippen MR) is 73.0 cm³/mol. The van der Waals surface area contributed by atoms with Crippen molar-refractivity contribution in [2.24, 2.45) is 0 Å². The van der Waals surface area contributed by atoms with Crippen molar-refractivity contribution in [1.29, 1.82) is 0 Å². The molecule has 1 unspecified atom stereocenters. The predicted octanol–water partition coefficient (Wildman–Crippen LogP) is 2.79. The molecule has 1 aliphatic rings. The van der Waals surface area contributed by atoms with Gasteiger partial charge in [-0.25, -0.2) is 4.39 Å². The number of nitrogens with zero attached hydrogens (tertiary/aromatic N) is 1. The fourth-order valence-corrected chi connectivity index (χ4v) is 2.72. The zero-order chi connectivity index (χ0) is 13.2. The van der Waals surface area contributed by atoms with Crippen molar-refractivity contribution in [3.8, 4) is 0 Å². The van der Waals surface area contributed by atoms with Crippen molar-refractivity contribution >= 4 is 0 Å². The van der Waals surface area contributed by atoms with Crippen LogP contribution >= 0.6 is 0 Å². The fraction of sp³-hybridized carbons (Fsp3) is 0.600. The van der Waals surface area contributed by atoms with Crippen LogP contribution in [0.1, 0.15) is 32.3 Å². The van der Waals surface area contributed by atoms with Crippen LogP contribution in [-0.2, 0) is 6.54 Å². The quantitative estimate of drug-likeness (QED) is 0.887. The van der Waals surface area contributed by atoms with Crippen molar-refractivity contribution in [3.63, 3.8) is 0 Å². The molecule has 0 amide bonds. The van der Waals surface area contributed by atoms with Crippen molar-refractivity contribution in [2.75, 3.05) is 13.6 Å². The van der Waals surface area contributed by atoms with Crippen LogP contribution in [0.3, 0.4) is 0 Å². The maximum Gasteiger partial charge on any atom is 0.123 e. The Labute approximate surface area is 109 Å². The summed E-state index contributed by atoms with van der Waals surface area (Å²) in [6.07, 6.45) is 2.34. The lowest BCUT2D eigenvalue weighted by atomic mass is 9.88. The van der Waals surface area contributed by atoms with Gasteiger partial charge < -0.3 is 5.32 Å². The largest absolute Gasteiger partial charge is 0.312 e. The Bertz CT molecular complexity index is 386. The smallest absolute Gasteiger partial charge is 0.123 e. The Balaban J connectivity index is 1.95. The Hall–Kier alpha value is -0.930. The van der Waals surface area contributed by atoms with Crippen LogP contribution in [0.5, 0.6) is 0 Å². The first kappa shape index (κ1) is 13.5. The van der Waals surface area contributed by atoms with Crippen molar-refractivity contribution < 1.29 is 4.39 Å². The maximum atomic E-state index is 12.9. The van der Waals surface area contributed by atoms with E-state index in [9.17, 15) is 4.39 Å². The van der Waals surface area contributed by atoms with Gasteiger partial charge in [-0.15, -0.1) is 0 Å². The molecular formula is C15H23FN2. The zero-order valence-corrected chi connectivity index (χ0v) is 11.5. The van der Waals surface area contributed by atoms with E-state index in [2.05, 4.69) is 31.1 Å². The molecule has 0 spiro atoms. The summed E-state index contributed by atoms with van der Waals surface area (Å²) in [7, 11) is 2.16. The van der Waals surface area contributed by atoms with E-state index in [1.165, 1.54) is 24.1 Å². The lowest BCUT2D eigenvalue weighted by molar-refractivity contribution is 0.138. The number of benzene rings is 1. The number of halogens is 1. The van der Waals surface area contributed by atoms with Crippen LogP contribution in [0, 0.1) is 5.82 Å². The first-order valence-electron chi connectivity index (χ1n) is 6.66. The van der Waals surface area contributed by atoms with Crippen LogP contribution < -0.4 is 5.32 Å². The second kappa shape index (κ2) is 5.37. The Morgan fingerprint density at radius 3 is 2.61 bits per heavy atom. The third-order valence-corrected chi connectivity index (χ3v) is 3.80. The Morgan fingerprint density at radius 1 is 1.33 bits per heavy atom. The average Bonchev–Trinajstić information content (AvgIpc) is 2.31. The molecule has 1 atom stereocenters. The minimum Gasteiger partial charge on any atom is -0.312 e. The van der Waals surface area contributed by atoms with E-state index < -0.39 is 0 Å². The Kier molecular flexibility index (Phi) is 4.03. The summed E-state index contributed by atoms with van der Waals surface area (Å²) in [5.41, 5.74) is 1.40. The lowest BCUT2D eigenvalue weighted by Crippen LogP contribution is -2.52. The highest BCUT2D eigenvalue weighted by Gasteiger charge is 2.29. The molecule has 0 saturated carbocycles. The molecule has 1 fully saturated rings. The number of hydrogen-bond donors (Lipinski definition) is 1. The van der Waals surface area contributed by atoms with Gasteiger partial charge >= 0.3 is 0 Å². The topological polar surface area (TPSA) is 15.3 Å². The van der Waals surface area contributed by atoms with Crippen LogP contribution in [0.25, 0.3) is 0 Å². The molecule has 0 radical (unpaired) electrons. The molecule has 0 aliphatic carbocycles. The summed E-state index contributed by atoms with van der Waals surface area (Å²) in [6.45, 7) is 6.47. The van der Waals surface area contributed by atoms with Gasteiger partial charge in [0.15, 0.2) is 0 Å². The SMILES string of the molecule is CN(Cc1ccc(F)cc1)C1CCNC(C)(C)C1. The molecule has 1 saturated heterocycles. The van der Waals surface area contributed by atoms with E-state index in [-0.39, 0.29) is 11.4 Å². The van der Waals surface area contributed by atoms with Crippen LogP contribution in [0.2, 0.25) is 0 Å². The number of hydrogen-bond acceptors (Lipinski definition) is 2. The summed E-state index contributed by atoms with van der Waals surface area (Å²) in [5, 5.41) is 3.54. The second-order valence-corrected chi connectivity index (χ2v) is 6.00. The highest BCUT2D eigenvalue weighted by molar-refractivity contribution is 5.16. The fourth-order valence-electron chi connectivity index (χ4n) is 2.72. The van der Waals surface area contributed by atoms with E-state index in [0.717, 1.165) is 19.5 Å². The molecule has 18 heavy (non-hydrogen) atoms. The minimum atomic E-state index is -0.163. The van der Waals surface area contributed by atoms with E-state index >= 15 is 0 Å². The third-order valence-electron chi connectivity index (χ3n) is 3.80. The van der Waals surface area contributed by atoms with Gasteiger partial charge in [0.05, 0.1) is 0 Å². The highest BCUT2D eigenvalue weighted by Crippen LogP contribution is 2.23. The standard InChI is InChI=1S/C15H23FN2/c1-15(2)10-14(8-9-17-15)18(3)11-12-4-6-13(16)7-5-12/h4-7,14,17H,8-11H2,1-3H3. The molecule has 0 bridgehead atoms. The molecule has 1 N–H and O–H groups in total. The molecule has 3 heteroatoms. The van der Waals surface area contributed by atoms with Gasteiger partial charge in [-0.3, -0.25) is 4.90 Å². The summed E-state index contributed by atoms with van der Waals surface area (Å²) >= 11 is 0. The van der Waals surface area contributed by atoms with Crippen LogP contribution in [-0.4, -0.2) is 30.1 Å². The molecule has 2 nitrogen and oxygen atoms in total. The molecule has 100 valence electrons. The summed E-state index contributed by atoms with van der Waals surface area (Å²) < 4.78 is 12.9. The monoisotopic (exact) mass is 250 g/mol. The number of rotatable bonds is 3. The van der Waals surface area contributed by atoms with Crippen LogP contribution in [0.15, 0.2) is 24.3 Å². The number of piperidine rings is 1. The van der Waals surface area contributed by atoms with Crippen molar-refractivity contribution in [1.82, 2.24) is 10.2 Å². The Morgan fingerprint density at radius 2 is 2.00 bits per heavy atom. The molecule has 1 aromatic carbocycles. The van der Waals surface area contributed by atoms with E-state index in [4.69, 9.17) is 0 Å². The second-order valence-electron chi connectivity index (χ2n) is 6.00.